The van der Waals surface area contributed by atoms with Crippen molar-refractivity contribution in [3.05, 3.63) is 28.3 Å². The van der Waals surface area contributed by atoms with Crippen molar-refractivity contribution in [3.8, 4) is 5.75 Å². The van der Waals surface area contributed by atoms with Crippen LogP contribution >= 0.6 is 11.6 Å². The lowest BCUT2D eigenvalue weighted by atomic mass is 10.0. The first-order valence-electron chi connectivity index (χ1n) is 6.91. The van der Waals surface area contributed by atoms with Crippen molar-refractivity contribution >= 4 is 11.6 Å². The lowest BCUT2D eigenvalue weighted by Crippen LogP contribution is -2.35. The van der Waals surface area contributed by atoms with Gasteiger partial charge in [0, 0.05) is 24.6 Å². The number of rotatable bonds is 7. The summed E-state index contributed by atoms with van der Waals surface area (Å²) < 4.78 is 11.0. The maximum atomic E-state index is 6.19. The highest BCUT2D eigenvalue weighted by Crippen LogP contribution is 2.33. The van der Waals surface area contributed by atoms with Gasteiger partial charge in [0.1, 0.15) is 5.75 Å². The molecule has 1 unspecified atom stereocenters. The number of methoxy groups -OCH3 is 1. The maximum absolute atomic E-state index is 6.19. The van der Waals surface area contributed by atoms with Gasteiger partial charge in [-0.3, -0.25) is 0 Å². The Bertz CT molecular complexity index is 423. The molecule has 1 aliphatic rings. The SMILES string of the molecule is CCCNC(COC)Cc1cc(Cl)cc2c1OCC2. The van der Waals surface area contributed by atoms with Crippen LogP contribution in [0.4, 0.5) is 0 Å². The van der Waals surface area contributed by atoms with Gasteiger partial charge in [0.25, 0.3) is 0 Å². The third-order valence-corrected chi connectivity index (χ3v) is 3.56. The van der Waals surface area contributed by atoms with Gasteiger partial charge in [-0.2, -0.15) is 0 Å². The minimum absolute atomic E-state index is 0.303. The van der Waals surface area contributed by atoms with Crippen LogP contribution in [0.5, 0.6) is 5.75 Å². The molecule has 1 atom stereocenters. The van der Waals surface area contributed by atoms with Crippen LogP contribution in [0.25, 0.3) is 0 Å². The van der Waals surface area contributed by atoms with Crippen LogP contribution in [0, 0.1) is 0 Å². The van der Waals surface area contributed by atoms with Crippen molar-refractivity contribution in [2.75, 3.05) is 26.9 Å². The molecule has 1 N–H and O–H groups in total. The summed E-state index contributed by atoms with van der Waals surface area (Å²) in [7, 11) is 1.74. The molecule has 0 bridgehead atoms. The first kappa shape index (κ1) is 14.6. The zero-order valence-corrected chi connectivity index (χ0v) is 12.4. The predicted molar refractivity (Wildman–Crippen MR) is 78.3 cm³/mol. The van der Waals surface area contributed by atoms with E-state index in [4.69, 9.17) is 21.1 Å². The van der Waals surface area contributed by atoms with E-state index in [1.54, 1.807) is 7.11 Å². The molecule has 0 amide bonds. The molecular formula is C15H22ClNO2. The topological polar surface area (TPSA) is 30.5 Å². The number of benzene rings is 1. The highest BCUT2D eigenvalue weighted by Gasteiger charge is 2.20. The van der Waals surface area contributed by atoms with Crippen LogP contribution in [-0.4, -0.2) is 32.9 Å². The Hall–Kier alpha value is -0.770. The Labute approximate surface area is 120 Å². The van der Waals surface area contributed by atoms with E-state index < -0.39 is 0 Å². The zero-order chi connectivity index (χ0) is 13.7. The van der Waals surface area contributed by atoms with E-state index in [-0.39, 0.29) is 0 Å². The van der Waals surface area contributed by atoms with Gasteiger partial charge in [0.15, 0.2) is 0 Å². The third-order valence-electron chi connectivity index (χ3n) is 3.34. The standard InChI is InChI=1S/C15H22ClNO2/c1-3-5-17-14(10-18-2)9-12-8-13(16)7-11-4-6-19-15(11)12/h7-8,14,17H,3-6,9-10H2,1-2H3. The van der Waals surface area contributed by atoms with Crippen LogP contribution < -0.4 is 10.1 Å². The number of hydrogen-bond donors (Lipinski definition) is 1. The Balaban J connectivity index is 2.12. The molecule has 0 saturated heterocycles. The van der Waals surface area contributed by atoms with Crippen molar-refractivity contribution in [1.82, 2.24) is 5.32 Å². The summed E-state index contributed by atoms with van der Waals surface area (Å²) in [6.45, 7) is 4.62. The molecule has 0 spiro atoms. The number of hydrogen-bond acceptors (Lipinski definition) is 3. The van der Waals surface area contributed by atoms with Gasteiger partial charge in [-0.15, -0.1) is 0 Å². The summed E-state index contributed by atoms with van der Waals surface area (Å²) in [4.78, 5) is 0. The molecule has 0 fully saturated rings. The zero-order valence-electron chi connectivity index (χ0n) is 11.7. The Kier molecular flexibility index (Phi) is 5.49. The summed E-state index contributed by atoms with van der Waals surface area (Å²) in [6, 6.07) is 4.33. The second-order valence-electron chi connectivity index (χ2n) is 4.96. The van der Waals surface area contributed by atoms with Gasteiger partial charge < -0.3 is 14.8 Å². The summed E-state index contributed by atoms with van der Waals surface area (Å²) in [6.07, 6.45) is 2.96. The molecule has 0 aromatic heterocycles. The molecule has 1 aliphatic heterocycles. The van der Waals surface area contributed by atoms with Gasteiger partial charge in [0.05, 0.1) is 13.2 Å². The first-order valence-corrected chi connectivity index (χ1v) is 7.28. The molecule has 4 heteroatoms. The molecule has 19 heavy (non-hydrogen) atoms. The largest absolute Gasteiger partial charge is 0.493 e. The van der Waals surface area contributed by atoms with E-state index in [0.717, 1.165) is 43.2 Å². The van der Waals surface area contributed by atoms with E-state index >= 15 is 0 Å². The normalized spacial score (nSPS) is 15.1. The van der Waals surface area contributed by atoms with Crippen molar-refractivity contribution < 1.29 is 9.47 Å². The van der Waals surface area contributed by atoms with Crippen molar-refractivity contribution in [2.45, 2.75) is 32.2 Å². The number of halogens is 1. The van der Waals surface area contributed by atoms with Gasteiger partial charge in [-0.25, -0.2) is 0 Å². The first-order chi connectivity index (χ1) is 9.24. The van der Waals surface area contributed by atoms with Crippen LogP contribution in [0.3, 0.4) is 0 Å². The number of nitrogens with one attached hydrogen (secondary N) is 1. The van der Waals surface area contributed by atoms with Gasteiger partial charge in [0.2, 0.25) is 0 Å². The monoisotopic (exact) mass is 283 g/mol. The average Bonchev–Trinajstić information content (AvgIpc) is 2.84. The minimum atomic E-state index is 0.303. The molecule has 1 aromatic carbocycles. The summed E-state index contributed by atoms with van der Waals surface area (Å²) in [5.41, 5.74) is 2.42. The molecule has 2 rings (SSSR count). The molecule has 0 saturated carbocycles. The van der Waals surface area contributed by atoms with Crippen molar-refractivity contribution in [2.24, 2.45) is 0 Å². The van der Waals surface area contributed by atoms with E-state index in [0.29, 0.717) is 12.6 Å². The fraction of sp³-hybridized carbons (Fsp3) is 0.600. The third kappa shape index (κ3) is 3.85. The van der Waals surface area contributed by atoms with Crippen LogP contribution in [0.15, 0.2) is 12.1 Å². The molecule has 0 aliphatic carbocycles. The number of fused-ring (bicyclic) bond motifs is 1. The second kappa shape index (κ2) is 7.13. The Morgan fingerprint density at radius 2 is 2.32 bits per heavy atom. The van der Waals surface area contributed by atoms with Crippen LogP contribution in [0.1, 0.15) is 24.5 Å². The summed E-state index contributed by atoms with van der Waals surface area (Å²) >= 11 is 6.19. The molecule has 0 radical (unpaired) electrons. The summed E-state index contributed by atoms with van der Waals surface area (Å²) in [5.74, 6) is 1.03. The quantitative estimate of drug-likeness (QED) is 0.835. The van der Waals surface area contributed by atoms with E-state index in [1.807, 2.05) is 12.1 Å². The average molecular weight is 284 g/mol. The lowest BCUT2D eigenvalue weighted by molar-refractivity contribution is 0.165. The van der Waals surface area contributed by atoms with Gasteiger partial charge in [-0.05, 0) is 42.6 Å². The maximum Gasteiger partial charge on any atom is 0.125 e. The fourth-order valence-corrected chi connectivity index (χ4v) is 2.77. The van der Waals surface area contributed by atoms with E-state index in [2.05, 4.69) is 12.2 Å². The molecule has 1 aromatic rings. The minimum Gasteiger partial charge on any atom is -0.493 e. The highest BCUT2D eigenvalue weighted by molar-refractivity contribution is 6.30. The van der Waals surface area contributed by atoms with Crippen LogP contribution in [-0.2, 0) is 17.6 Å². The Morgan fingerprint density at radius 3 is 3.05 bits per heavy atom. The predicted octanol–water partition coefficient (Wildman–Crippen LogP) is 2.83. The second-order valence-corrected chi connectivity index (χ2v) is 5.40. The molecular weight excluding hydrogens is 262 g/mol. The fourth-order valence-electron chi connectivity index (χ4n) is 2.50. The van der Waals surface area contributed by atoms with Gasteiger partial charge >= 0.3 is 0 Å². The smallest absolute Gasteiger partial charge is 0.125 e. The molecule has 1 heterocycles. The number of ether oxygens (including phenoxy) is 2. The van der Waals surface area contributed by atoms with Crippen molar-refractivity contribution in [3.63, 3.8) is 0 Å². The highest BCUT2D eigenvalue weighted by atomic mass is 35.5. The molecule has 3 nitrogen and oxygen atoms in total. The van der Waals surface area contributed by atoms with E-state index in [1.165, 1.54) is 11.1 Å². The Morgan fingerprint density at radius 1 is 1.47 bits per heavy atom. The summed E-state index contributed by atoms with van der Waals surface area (Å²) in [5, 5.41) is 4.30. The van der Waals surface area contributed by atoms with Crippen molar-refractivity contribution in [1.29, 1.82) is 0 Å². The van der Waals surface area contributed by atoms with Crippen LogP contribution in [0.2, 0.25) is 5.02 Å². The van der Waals surface area contributed by atoms with Gasteiger partial charge in [-0.1, -0.05) is 18.5 Å². The lowest BCUT2D eigenvalue weighted by Gasteiger charge is -2.19. The van der Waals surface area contributed by atoms with E-state index in [9.17, 15) is 0 Å². The molecule has 106 valence electrons.